The van der Waals surface area contributed by atoms with Crippen LogP contribution in [0.5, 0.6) is 0 Å². The summed E-state index contributed by atoms with van der Waals surface area (Å²) in [6, 6.07) is -0.00630. The van der Waals surface area contributed by atoms with Crippen molar-refractivity contribution in [2.45, 2.75) is 45.3 Å². The van der Waals surface area contributed by atoms with Crippen molar-refractivity contribution >= 4 is 12.0 Å². The van der Waals surface area contributed by atoms with Crippen molar-refractivity contribution in [2.75, 3.05) is 19.7 Å². The van der Waals surface area contributed by atoms with Crippen LogP contribution in [0.15, 0.2) is 0 Å². The fourth-order valence-corrected chi connectivity index (χ4v) is 1.88. The SMILES string of the molecule is CC1CN(C(=O)NCCCCC(=O)O)C(C)CO1. The molecular formula is C12H22N2O4. The number of nitrogens with one attached hydrogen (secondary N) is 1. The van der Waals surface area contributed by atoms with Crippen LogP contribution in [0.25, 0.3) is 0 Å². The first-order valence-corrected chi connectivity index (χ1v) is 6.38. The number of amides is 2. The second-order valence-electron chi connectivity index (χ2n) is 4.73. The molecule has 2 unspecified atom stereocenters. The molecule has 1 fully saturated rings. The van der Waals surface area contributed by atoms with E-state index in [1.807, 2.05) is 13.8 Å². The minimum absolute atomic E-state index is 0.0685. The van der Waals surface area contributed by atoms with E-state index in [1.54, 1.807) is 4.90 Å². The number of urea groups is 1. The van der Waals surface area contributed by atoms with Gasteiger partial charge in [-0.25, -0.2) is 4.79 Å². The summed E-state index contributed by atoms with van der Waals surface area (Å²) >= 11 is 0. The fraction of sp³-hybridized carbons (Fsp3) is 0.833. The van der Waals surface area contributed by atoms with Gasteiger partial charge in [-0.05, 0) is 26.7 Å². The van der Waals surface area contributed by atoms with E-state index < -0.39 is 5.97 Å². The summed E-state index contributed by atoms with van der Waals surface area (Å²) in [7, 11) is 0. The first-order valence-electron chi connectivity index (χ1n) is 6.38. The molecule has 0 saturated carbocycles. The monoisotopic (exact) mass is 258 g/mol. The molecule has 0 aliphatic carbocycles. The van der Waals surface area contributed by atoms with Crippen LogP contribution in [0.3, 0.4) is 0 Å². The summed E-state index contributed by atoms with van der Waals surface area (Å²) in [5.41, 5.74) is 0. The highest BCUT2D eigenvalue weighted by molar-refractivity contribution is 5.74. The van der Waals surface area contributed by atoms with Crippen molar-refractivity contribution in [3.8, 4) is 0 Å². The first kappa shape index (κ1) is 14.8. The smallest absolute Gasteiger partial charge is 0.317 e. The lowest BCUT2D eigenvalue weighted by Gasteiger charge is -2.36. The number of unbranched alkanes of at least 4 members (excludes halogenated alkanes) is 1. The van der Waals surface area contributed by atoms with E-state index in [1.165, 1.54) is 0 Å². The molecule has 6 nitrogen and oxygen atoms in total. The lowest BCUT2D eigenvalue weighted by Crippen LogP contribution is -2.53. The summed E-state index contributed by atoms with van der Waals surface area (Å²) in [6.07, 6.45) is 1.50. The Labute approximate surface area is 107 Å². The normalized spacial score (nSPS) is 23.8. The summed E-state index contributed by atoms with van der Waals surface area (Å²) < 4.78 is 5.45. The predicted molar refractivity (Wildman–Crippen MR) is 66.5 cm³/mol. The Kier molecular flexibility index (Phi) is 5.91. The zero-order chi connectivity index (χ0) is 13.5. The van der Waals surface area contributed by atoms with E-state index >= 15 is 0 Å². The van der Waals surface area contributed by atoms with Gasteiger partial charge in [0, 0.05) is 19.5 Å². The Bertz CT molecular complexity index is 296. The molecule has 0 radical (unpaired) electrons. The quantitative estimate of drug-likeness (QED) is 0.723. The topological polar surface area (TPSA) is 78.9 Å². The minimum atomic E-state index is -0.794. The van der Waals surface area contributed by atoms with E-state index in [0.29, 0.717) is 32.5 Å². The highest BCUT2D eigenvalue weighted by Crippen LogP contribution is 2.11. The van der Waals surface area contributed by atoms with Crippen molar-refractivity contribution in [2.24, 2.45) is 0 Å². The van der Waals surface area contributed by atoms with Crippen LogP contribution < -0.4 is 5.32 Å². The number of hydrogen-bond acceptors (Lipinski definition) is 3. The molecule has 2 amide bonds. The number of aliphatic carboxylic acids is 1. The molecule has 0 aromatic carbocycles. The molecule has 18 heavy (non-hydrogen) atoms. The van der Waals surface area contributed by atoms with Gasteiger partial charge in [-0.1, -0.05) is 0 Å². The number of ether oxygens (including phenoxy) is 1. The number of hydrogen-bond donors (Lipinski definition) is 2. The maximum atomic E-state index is 11.9. The van der Waals surface area contributed by atoms with Gasteiger partial charge in [-0.15, -0.1) is 0 Å². The van der Waals surface area contributed by atoms with Gasteiger partial charge in [0.15, 0.2) is 0 Å². The van der Waals surface area contributed by atoms with Crippen LogP contribution in [-0.4, -0.2) is 53.8 Å². The third-order valence-electron chi connectivity index (χ3n) is 2.96. The Morgan fingerprint density at radius 1 is 1.39 bits per heavy atom. The Morgan fingerprint density at radius 2 is 2.11 bits per heavy atom. The van der Waals surface area contributed by atoms with E-state index in [9.17, 15) is 9.59 Å². The largest absolute Gasteiger partial charge is 0.481 e. The molecular weight excluding hydrogens is 236 g/mol. The van der Waals surface area contributed by atoms with Crippen molar-refractivity contribution in [3.63, 3.8) is 0 Å². The van der Waals surface area contributed by atoms with E-state index in [2.05, 4.69) is 5.32 Å². The predicted octanol–water partition coefficient (Wildman–Crippen LogP) is 1.06. The lowest BCUT2D eigenvalue weighted by molar-refractivity contribution is -0.137. The molecule has 104 valence electrons. The molecule has 0 aromatic rings. The van der Waals surface area contributed by atoms with E-state index in [0.717, 1.165) is 0 Å². The highest BCUT2D eigenvalue weighted by atomic mass is 16.5. The molecule has 2 atom stereocenters. The van der Waals surface area contributed by atoms with Crippen LogP contribution >= 0.6 is 0 Å². The highest BCUT2D eigenvalue weighted by Gasteiger charge is 2.26. The molecule has 0 bridgehead atoms. The van der Waals surface area contributed by atoms with Crippen molar-refractivity contribution in [1.29, 1.82) is 0 Å². The third kappa shape index (κ3) is 4.91. The maximum absolute atomic E-state index is 11.9. The number of rotatable bonds is 5. The number of carboxylic acid groups (broad SMARTS) is 1. The van der Waals surface area contributed by atoms with Crippen LogP contribution in [0.1, 0.15) is 33.1 Å². The van der Waals surface area contributed by atoms with Gasteiger partial charge < -0.3 is 20.1 Å². The average molecular weight is 258 g/mol. The standard InChI is InChI=1S/C12H22N2O4/c1-9-8-18-10(2)7-14(9)12(17)13-6-4-3-5-11(15)16/h9-10H,3-8H2,1-2H3,(H,13,17)(H,15,16). The number of carbonyl (C=O) groups excluding carboxylic acids is 1. The summed E-state index contributed by atoms with van der Waals surface area (Å²) in [5.74, 6) is -0.794. The second-order valence-corrected chi connectivity index (χ2v) is 4.73. The van der Waals surface area contributed by atoms with Gasteiger partial charge in [-0.3, -0.25) is 4.79 Å². The maximum Gasteiger partial charge on any atom is 0.317 e. The Morgan fingerprint density at radius 3 is 2.78 bits per heavy atom. The molecule has 1 aliphatic heterocycles. The summed E-state index contributed by atoms with van der Waals surface area (Å²) in [4.78, 5) is 24.0. The molecule has 1 saturated heterocycles. The number of carboxylic acids is 1. The number of morpholine rings is 1. The molecule has 1 aliphatic rings. The molecule has 1 heterocycles. The van der Waals surface area contributed by atoms with Crippen molar-refractivity contribution in [3.05, 3.63) is 0 Å². The van der Waals surface area contributed by atoms with Crippen LogP contribution in [0.4, 0.5) is 4.79 Å². The zero-order valence-corrected chi connectivity index (χ0v) is 11.0. The Balaban J connectivity index is 2.21. The zero-order valence-electron chi connectivity index (χ0n) is 11.0. The second kappa shape index (κ2) is 7.20. The average Bonchev–Trinajstić information content (AvgIpc) is 2.31. The molecule has 0 spiro atoms. The fourth-order valence-electron chi connectivity index (χ4n) is 1.88. The van der Waals surface area contributed by atoms with E-state index in [-0.39, 0.29) is 24.6 Å². The number of carbonyl (C=O) groups is 2. The van der Waals surface area contributed by atoms with Gasteiger partial charge >= 0.3 is 12.0 Å². The number of nitrogens with zero attached hydrogens (tertiary/aromatic N) is 1. The Hall–Kier alpha value is -1.30. The van der Waals surface area contributed by atoms with Gasteiger partial charge in [0.2, 0.25) is 0 Å². The lowest BCUT2D eigenvalue weighted by atomic mass is 10.2. The van der Waals surface area contributed by atoms with Crippen molar-refractivity contribution < 1.29 is 19.4 Å². The minimum Gasteiger partial charge on any atom is -0.481 e. The van der Waals surface area contributed by atoms with Gasteiger partial charge in [0.25, 0.3) is 0 Å². The van der Waals surface area contributed by atoms with Crippen molar-refractivity contribution in [1.82, 2.24) is 10.2 Å². The van der Waals surface area contributed by atoms with Crippen LogP contribution in [0.2, 0.25) is 0 Å². The summed E-state index contributed by atoms with van der Waals surface area (Å²) in [6.45, 7) is 5.58. The van der Waals surface area contributed by atoms with Crippen LogP contribution in [0, 0.1) is 0 Å². The van der Waals surface area contributed by atoms with Gasteiger partial charge in [0.05, 0.1) is 18.8 Å². The third-order valence-corrected chi connectivity index (χ3v) is 2.96. The first-order chi connectivity index (χ1) is 8.50. The van der Waals surface area contributed by atoms with E-state index in [4.69, 9.17) is 9.84 Å². The molecule has 1 rings (SSSR count). The molecule has 2 N–H and O–H groups in total. The van der Waals surface area contributed by atoms with Gasteiger partial charge in [-0.2, -0.15) is 0 Å². The summed E-state index contributed by atoms with van der Waals surface area (Å²) in [5, 5.41) is 11.3. The molecule has 6 heteroatoms. The van der Waals surface area contributed by atoms with Crippen LogP contribution in [-0.2, 0) is 9.53 Å². The molecule has 0 aromatic heterocycles. The van der Waals surface area contributed by atoms with Gasteiger partial charge in [0.1, 0.15) is 0 Å².